The summed E-state index contributed by atoms with van der Waals surface area (Å²) in [6, 6.07) is 16.0. The third-order valence-electron chi connectivity index (χ3n) is 7.66. The van der Waals surface area contributed by atoms with Gasteiger partial charge in [0.05, 0.1) is 12.1 Å². The first-order valence-electron chi connectivity index (χ1n) is 12.9. The molecule has 1 saturated heterocycles. The number of allylic oxidation sites excluding steroid dienone is 1. The van der Waals surface area contributed by atoms with Crippen LogP contribution in [0.25, 0.3) is 0 Å². The quantitative estimate of drug-likeness (QED) is 0.433. The molecule has 10 heteroatoms. The Kier molecular flexibility index (Phi) is 7.84. The van der Waals surface area contributed by atoms with Gasteiger partial charge in [0.25, 0.3) is 5.91 Å². The molecule has 0 unspecified atom stereocenters. The van der Waals surface area contributed by atoms with E-state index in [1.54, 1.807) is 0 Å². The fourth-order valence-electron chi connectivity index (χ4n) is 5.82. The van der Waals surface area contributed by atoms with Crippen molar-refractivity contribution in [1.82, 2.24) is 25.8 Å². The van der Waals surface area contributed by atoms with Crippen molar-refractivity contribution >= 4 is 46.0 Å². The molecule has 3 aliphatic rings. The number of amides is 1. The molecule has 2 N–H and O–H groups in total. The molecule has 0 aromatic heterocycles. The SMILES string of the molecule is CNN(NC)[C@@H]1CCN(C(=O)C2=C(C(C)C)N3C(=N[C@@](C)(c4ccc(Cl)cc4)[C@H]3c3ccc(Cl)cc3)S2)C1. The van der Waals surface area contributed by atoms with Gasteiger partial charge in [0.15, 0.2) is 5.17 Å². The Morgan fingerprint density at radius 2 is 1.68 bits per heavy atom. The van der Waals surface area contributed by atoms with Crippen LogP contribution in [0, 0.1) is 5.92 Å². The van der Waals surface area contributed by atoms with E-state index in [1.807, 2.05) is 60.5 Å². The summed E-state index contributed by atoms with van der Waals surface area (Å²) in [5.41, 5.74) is 8.94. The minimum Gasteiger partial charge on any atom is -0.336 e. The summed E-state index contributed by atoms with van der Waals surface area (Å²) >= 11 is 14.0. The lowest BCUT2D eigenvalue weighted by Crippen LogP contribution is -2.52. The van der Waals surface area contributed by atoms with E-state index in [9.17, 15) is 4.79 Å². The van der Waals surface area contributed by atoms with Crippen LogP contribution in [0.3, 0.4) is 0 Å². The summed E-state index contributed by atoms with van der Waals surface area (Å²) < 4.78 is 0. The number of likely N-dealkylation sites (tertiary alicyclic amines) is 1. The third kappa shape index (κ3) is 4.76. The fraction of sp³-hybridized carbons (Fsp3) is 0.429. The zero-order valence-electron chi connectivity index (χ0n) is 22.3. The maximum absolute atomic E-state index is 14.0. The Morgan fingerprint density at radius 1 is 1.08 bits per heavy atom. The van der Waals surface area contributed by atoms with Gasteiger partial charge in [-0.25, -0.2) is 15.8 Å². The number of carbonyl (C=O) groups excluding carboxylic acids is 1. The van der Waals surface area contributed by atoms with Gasteiger partial charge in [0, 0.05) is 42.9 Å². The second-order valence-corrected chi connectivity index (χ2v) is 12.2. The molecule has 3 heterocycles. The van der Waals surface area contributed by atoms with E-state index in [0.29, 0.717) is 23.1 Å². The van der Waals surface area contributed by atoms with Gasteiger partial charge >= 0.3 is 0 Å². The van der Waals surface area contributed by atoms with E-state index in [0.717, 1.165) is 33.3 Å². The molecule has 0 aliphatic carbocycles. The number of hydrogen-bond donors (Lipinski definition) is 2. The van der Waals surface area contributed by atoms with Crippen molar-refractivity contribution in [2.75, 3.05) is 27.2 Å². The summed E-state index contributed by atoms with van der Waals surface area (Å²) in [4.78, 5) is 24.3. The van der Waals surface area contributed by atoms with Gasteiger partial charge < -0.3 is 9.80 Å². The number of carbonyl (C=O) groups is 1. The third-order valence-corrected chi connectivity index (χ3v) is 9.23. The molecule has 7 nitrogen and oxygen atoms in total. The first-order chi connectivity index (χ1) is 18.2. The molecule has 3 aliphatic heterocycles. The predicted molar refractivity (Wildman–Crippen MR) is 157 cm³/mol. The molecule has 0 spiro atoms. The maximum Gasteiger partial charge on any atom is 0.262 e. The molecule has 38 heavy (non-hydrogen) atoms. The molecule has 0 radical (unpaired) electrons. The number of hydrazine groups is 2. The highest BCUT2D eigenvalue weighted by Gasteiger charge is 2.53. The van der Waals surface area contributed by atoms with Gasteiger partial charge in [-0.3, -0.25) is 4.79 Å². The second kappa shape index (κ2) is 10.8. The molecular weight excluding hydrogens is 539 g/mol. The number of halogens is 2. The fourth-order valence-corrected chi connectivity index (χ4v) is 7.45. The van der Waals surface area contributed by atoms with Crippen molar-refractivity contribution in [1.29, 1.82) is 0 Å². The zero-order valence-corrected chi connectivity index (χ0v) is 24.7. The molecule has 1 amide bonds. The molecule has 2 aromatic rings. The van der Waals surface area contributed by atoms with E-state index in [1.165, 1.54) is 11.8 Å². The molecule has 3 atom stereocenters. The van der Waals surface area contributed by atoms with Gasteiger partial charge in [0.1, 0.15) is 10.4 Å². The Hall–Kier alpha value is -2.07. The molecule has 5 rings (SSSR count). The van der Waals surface area contributed by atoms with Gasteiger partial charge in [-0.2, -0.15) is 5.12 Å². The van der Waals surface area contributed by atoms with E-state index in [-0.39, 0.29) is 23.9 Å². The van der Waals surface area contributed by atoms with Crippen LogP contribution in [0.5, 0.6) is 0 Å². The smallest absolute Gasteiger partial charge is 0.262 e. The van der Waals surface area contributed by atoms with Crippen LogP contribution in [-0.2, 0) is 10.3 Å². The topological polar surface area (TPSA) is 63.2 Å². The van der Waals surface area contributed by atoms with Crippen molar-refractivity contribution in [3.05, 3.63) is 80.3 Å². The summed E-state index contributed by atoms with van der Waals surface area (Å²) in [6.45, 7) is 7.84. The molecule has 1 fully saturated rings. The normalized spacial score (nSPS) is 25.1. The molecular formula is C28H34Cl2N6OS. The Bertz CT molecular complexity index is 1260. The van der Waals surface area contributed by atoms with E-state index >= 15 is 0 Å². The molecule has 202 valence electrons. The summed E-state index contributed by atoms with van der Waals surface area (Å²) in [7, 11) is 3.77. The number of nitrogens with one attached hydrogen (secondary N) is 2. The zero-order chi connectivity index (χ0) is 27.2. The van der Waals surface area contributed by atoms with Gasteiger partial charge in [-0.05, 0) is 66.4 Å². The monoisotopic (exact) mass is 572 g/mol. The first kappa shape index (κ1) is 27.5. The van der Waals surface area contributed by atoms with Crippen molar-refractivity contribution in [3.63, 3.8) is 0 Å². The highest BCUT2D eigenvalue weighted by atomic mass is 35.5. The maximum atomic E-state index is 14.0. The van der Waals surface area contributed by atoms with Crippen molar-refractivity contribution in [3.8, 4) is 0 Å². The largest absolute Gasteiger partial charge is 0.336 e. The average molecular weight is 574 g/mol. The van der Waals surface area contributed by atoms with Crippen LogP contribution >= 0.6 is 35.0 Å². The predicted octanol–water partition coefficient (Wildman–Crippen LogP) is 5.41. The van der Waals surface area contributed by atoms with Gasteiger partial charge in [-0.15, -0.1) is 0 Å². The second-order valence-electron chi connectivity index (χ2n) is 10.4. The van der Waals surface area contributed by atoms with E-state index < -0.39 is 5.54 Å². The molecule has 0 saturated carbocycles. The van der Waals surface area contributed by atoms with Crippen molar-refractivity contribution < 1.29 is 4.79 Å². The standard InChI is InChI=1S/C28H34Cl2N6OS/c1-17(2)23-24(26(37)34-15-14-22(16-34)36(31-4)32-5)38-27-33-28(3,19-8-12-21(30)13-9-19)25(35(23)27)18-6-10-20(29)11-7-18/h6-13,17,22,25,31-32H,14-16H2,1-5H3/t22-,25-,28+/m1/s1. The summed E-state index contributed by atoms with van der Waals surface area (Å²) in [6.07, 6.45) is 0.898. The molecule has 0 bridgehead atoms. The average Bonchev–Trinajstić information content (AvgIpc) is 3.58. The number of amidine groups is 1. The van der Waals surface area contributed by atoms with E-state index in [2.05, 4.69) is 48.7 Å². The number of aliphatic imine (C=N–C) groups is 1. The van der Waals surface area contributed by atoms with Crippen LogP contribution in [0.15, 0.2) is 64.1 Å². The number of fused-ring (bicyclic) bond motifs is 1. The lowest BCUT2D eigenvalue weighted by Gasteiger charge is -2.37. The van der Waals surface area contributed by atoms with E-state index in [4.69, 9.17) is 28.2 Å². The Balaban J connectivity index is 1.55. The highest BCUT2D eigenvalue weighted by Crippen LogP contribution is 2.56. The Labute approximate surface area is 239 Å². The number of rotatable bonds is 7. The summed E-state index contributed by atoms with van der Waals surface area (Å²) in [5, 5.41) is 4.20. The summed E-state index contributed by atoms with van der Waals surface area (Å²) in [5.74, 6) is 0.203. The lowest BCUT2D eigenvalue weighted by molar-refractivity contribution is -0.125. The van der Waals surface area contributed by atoms with Crippen molar-refractivity contribution in [2.45, 2.75) is 44.8 Å². The highest BCUT2D eigenvalue weighted by molar-refractivity contribution is 8.18. The van der Waals surface area contributed by atoms with Crippen LogP contribution < -0.4 is 10.9 Å². The van der Waals surface area contributed by atoms with Gasteiger partial charge in [0.2, 0.25) is 0 Å². The minimum atomic E-state index is -0.575. The first-order valence-corrected chi connectivity index (χ1v) is 14.5. The van der Waals surface area contributed by atoms with Crippen LogP contribution in [0.2, 0.25) is 10.0 Å². The number of nitrogens with zero attached hydrogens (tertiary/aromatic N) is 4. The minimum absolute atomic E-state index is 0.0773. The van der Waals surface area contributed by atoms with Crippen LogP contribution in [0.1, 0.15) is 44.4 Å². The lowest BCUT2D eigenvalue weighted by atomic mass is 9.81. The number of benzene rings is 2. The number of hydrogen-bond acceptors (Lipinski definition) is 7. The molecule has 2 aromatic carbocycles. The Morgan fingerprint density at radius 3 is 2.26 bits per heavy atom. The number of thioether (sulfide) groups is 1. The van der Waals surface area contributed by atoms with Crippen LogP contribution in [0.4, 0.5) is 0 Å². The van der Waals surface area contributed by atoms with Crippen LogP contribution in [-0.4, -0.2) is 59.2 Å². The van der Waals surface area contributed by atoms with Gasteiger partial charge in [-0.1, -0.05) is 61.3 Å². The van der Waals surface area contributed by atoms with Crippen molar-refractivity contribution in [2.24, 2.45) is 10.9 Å².